The fourth-order valence-electron chi connectivity index (χ4n) is 3.19. The van der Waals surface area contributed by atoms with E-state index in [1.165, 1.54) is 22.9 Å². The Hall–Kier alpha value is -1.41. The van der Waals surface area contributed by atoms with Crippen molar-refractivity contribution in [3.8, 4) is 0 Å². The van der Waals surface area contributed by atoms with Crippen LogP contribution in [-0.2, 0) is 23.6 Å². The van der Waals surface area contributed by atoms with Crippen molar-refractivity contribution in [2.24, 2.45) is 0 Å². The fraction of sp³-hybridized carbons (Fsp3) is 0.444. The molecule has 2 heterocycles. The Kier molecular flexibility index (Phi) is 6.92. The summed E-state index contributed by atoms with van der Waals surface area (Å²) in [6.07, 6.45) is -9.44. The van der Waals surface area contributed by atoms with Crippen LogP contribution in [0.4, 0.5) is 26.3 Å². The van der Waals surface area contributed by atoms with Gasteiger partial charge >= 0.3 is 12.4 Å². The van der Waals surface area contributed by atoms with Gasteiger partial charge in [0.1, 0.15) is 6.10 Å². The van der Waals surface area contributed by atoms with Crippen molar-refractivity contribution < 1.29 is 36.2 Å². The predicted octanol–water partition coefficient (Wildman–Crippen LogP) is 5.24. The van der Waals surface area contributed by atoms with Crippen LogP contribution in [0, 0.1) is 0 Å². The fourth-order valence-corrected chi connectivity index (χ4v) is 3.86. The van der Waals surface area contributed by atoms with Crippen LogP contribution >= 0.6 is 27.7 Å². The first-order valence-corrected chi connectivity index (χ1v) is 10.8. The van der Waals surface area contributed by atoms with E-state index in [0.29, 0.717) is 27.5 Å². The van der Waals surface area contributed by atoms with Gasteiger partial charge in [-0.05, 0) is 52.9 Å². The Balaban J connectivity index is 1.95. The lowest BCUT2D eigenvalue weighted by Crippen LogP contribution is -2.35. The Morgan fingerprint density at radius 3 is 2.23 bits per heavy atom. The zero-order chi connectivity index (χ0) is 23.1. The van der Waals surface area contributed by atoms with E-state index in [2.05, 4.69) is 25.9 Å². The molecule has 1 N–H and O–H groups in total. The number of ether oxygens (including phenoxy) is 1. The molecular weight excluding hydrogens is 516 g/mol. The average molecular weight is 532 g/mol. The Labute approximate surface area is 185 Å². The van der Waals surface area contributed by atoms with E-state index < -0.39 is 42.0 Å². The highest BCUT2D eigenvalue weighted by Crippen LogP contribution is 2.41. The summed E-state index contributed by atoms with van der Waals surface area (Å²) >= 11 is 4.58. The number of aliphatic hydroxyl groups is 1. The lowest BCUT2D eigenvalue weighted by molar-refractivity contribution is -0.154. The van der Waals surface area contributed by atoms with Gasteiger partial charge in [0.2, 0.25) is 6.41 Å². The molecule has 13 heteroatoms. The van der Waals surface area contributed by atoms with E-state index in [1.807, 2.05) is 0 Å². The molecule has 3 rings (SSSR count). The van der Waals surface area contributed by atoms with Crippen molar-refractivity contribution in [3.05, 3.63) is 51.3 Å². The standard InChI is InChI=1S/C18H16BrF6N3O2S/c1-8-14(9-3-10(17(20,21)22)5-11(4-9)18(23,24)25)30-16(29)28(8)7-13-12(19)6-26-15(27-13)31-2/h3-6,8,14,16,29H,7H2,1-2H3/t8-,14-,16?/m0/s1. The van der Waals surface area contributed by atoms with Gasteiger partial charge < -0.3 is 9.84 Å². The SMILES string of the molecule is CSc1ncc(Br)c(CN2C(O)O[C@H](c3cc(C(F)(F)F)cc(C(F)(F)F)c3)[C@@H]2C)n1. The molecule has 0 bridgehead atoms. The van der Waals surface area contributed by atoms with Crippen molar-refractivity contribution in [2.45, 2.75) is 49.5 Å². The molecule has 1 aromatic carbocycles. The molecule has 3 atom stereocenters. The minimum atomic E-state index is -4.98. The number of alkyl halides is 6. The Bertz CT molecular complexity index is 927. The number of rotatable bonds is 4. The van der Waals surface area contributed by atoms with Gasteiger partial charge in [0, 0.05) is 18.8 Å². The Morgan fingerprint density at radius 2 is 1.71 bits per heavy atom. The summed E-state index contributed by atoms with van der Waals surface area (Å²) in [6, 6.07) is 0.524. The molecule has 31 heavy (non-hydrogen) atoms. The van der Waals surface area contributed by atoms with Crippen molar-refractivity contribution in [2.75, 3.05) is 6.26 Å². The number of aliphatic hydroxyl groups excluding tert-OH is 1. The minimum absolute atomic E-state index is 0.0284. The molecule has 0 saturated carbocycles. The average Bonchev–Trinajstić information content (AvgIpc) is 2.96. The van der Waals surface area contributed by atoms with Gasteiger partial charge in [-0.25, -0.2) is 14.9 Å². The zero-order valence-corrected chi connectivity index (χ0v) is 18.4. The van der Waals surface area contributed by atoms with Crippen molar-refractivity contribution in [1.82, 2.24) is 14.9 Å². The van der Waals surface area contributed by atoms with Crippen molar-refractivity contribution in [1.29, 1.82) is 0 Å². The van der Waals surface area contributed by atoms with Crippen LogP contribution in [0.1, 0.15) is 35.4 Å². The summed E-state index contributed by atoms with van der Waals surface area (Å²) in [5.74, 6) is 0. The van der Waals surface area contributed by atoms with Gasteiger partial charge in [0.25, 0.3) is 0 Å². The normalized spacial score (nSPS) is 22.8. The summed E-state index contributed by atoms with van der Waals surface area (Å²) in [6.45, 7) is 1.57. The second kappa shape index (κ2) is 8.85. The highest BCUT2D eigenvalue weighted by Gasteiger charge is 2.43. The van der Waals surface area contributed by atoms with Gasteiger partial charge in [-0.2, -0.15) is 26.3 Å². The molecule has 1 aromatic heterocycles. The van der Waals surface area contributed by atoms with E-state index in [0.717, 1.165) is 0 Å². The van der Waals surface area contributed by atoms with Crippen molar-refractivity contribution in [3.63, 3.8) is 0 Å². The quantitative estimate of drug-likeness (QED) is 0.331. The smallest absolute Gasteiger partial charge is 0.356 e. The molecule has 1 saturated heterocycles. The second-order valence-corrected chi connectivity index (χ2v) is 8.41. The number of hydrogen-bond donors (Lipinski definition) is 1. The molecule has 1 unspecified atom stereocenters. The maximum Gasteiger partial charge on any atom is 0.416 e. The second-order valence-electron chi connectivity index (χ2n) is 6.79. The molecule has 0 radical (unpaired) electrons. The van der Waals surface area contributed by atoms with E-state index in [4.69, 9.17) is 4.74 Å². The van der Waals surface area contributed by atoms with Gasteiger partial charge in [0.15, 0.2) is 5.16 Å². The number of nitrogens with zero attached hydrogens (tertiary/aromatic N) is 3. The van der Waals surface area contributed by atoms with Crippen LogP contribution in [0.5, 0.6) is 0 Å². The Morgan fingerprint density at radius 1 is 1.13 bits per heavy atom. The molecule has 0 spiro atoms. The third-order valence-corrected chi connectivity index (χ3v) is 5.99. The first-order chi connectivity index (χ1) is 14.3. The minimum Gasteiger partial charge on any atom is -0.356 e. The first kappa shape index (κ1) is 24.2. The highest BCUT2D eigenvalue weighted by molar-refractivity contribution is 9.10. The lowest BCUT2D eigenvalue weighted by atomic mass is 9.97. The third-order valence-electron chi connectivity index (χ3n) is 4.76. The molecule has 2 aromatic rings. The van der Waals surface area contributed by atoms with Gasteiger partial charge in [-0.3, -0.25) is 0 Å². The topological polar surface area (TPSA) is 58.5 Å². The van der Waals surface area contributed by atoms with E-state index in [9.17, 15) is 31.4 Å². The van der Waals surface area contributed by atoms with Gasteiger partial charge in [-0.1, -0.05) is 11.8 Å². The van der Waals surface area contributed by atoms with Crippen LogP contribution in [-0.4, -0.2) is 38.7 Å². The maximum atomic E-state index is 13.2. The molecule has 1 fully saturated rings. The van der Waals surface area contributed by atoms with Crippen LogP contribution in [0.15, 0.2) is 34.0 Å². The van der Waals surface area contributed by atoms with Crippen LogP contribution < -0.4 is 0 Å². The first-order valence-electron chi connectivity index (χ1n) is 8.75. The summed E-state index contributed by atoms with van der Waals surface area (Å²) < 4.78 is 85.0. The maximum absolute atomic E-state index is 13.2. The lowest BCUT2D eigenvalue weighted by Gasteiger charge is -2.24. The predicted molar refractivity (Wildman–Crippen MR) is 103 cm³/mol. The summed E-state index contributed by atoms with van der Waals surface area (Å²) in [5.41, 5.74) is -2.73. The summed E-state index contributed by atoms with van der Waals surface area (Å²) in [5, 5.41) is 10.8. The van der Waals surface area contributed by atoms with Crippen LogP contribution in [0.25, 0.3) is 0 Å². The molecule has 170 valence electrons. The number of thioether (sulfide) groups is 1. The molecule has 0 amide bonds. The molecule has 1 aliphatic rings. The van der Waals surface area contributed by atoms with E-state index >= 15 is 0 Å². The molecule has 0 aliphatic carbocycles. The largest absolute Gasteiger partial charge is 0.416 e. The van der Waals surface area contributed by atoms with Crippen LogP contribution in [0.2, 0.25) is 0 Å². The number of aromatic nitrogens is 2. The van der Waals surface area contributed by atoms with E-state index in [1.54, 1.807) is 13.2 Å². The number of hydrogen-bond acceptors (Lipinski definition) is 6. The molecule has 5 nitrogen and oxygen atoms in total. The summed E-state index contributed by atoms with van der Waals surface area (Å²) in [4.78, 5) is 9.77. The van der Waals surface area contributed by atoms with Gasteiger partial charge in [0.05, 0.1) is 21.3 Å². The van der Waals surface area contributed by atoms with Gasteiger partial charge in [-0.15, -0.1) is 0 Å². The van der Waals surface area contributed by atoms with Crippen molar-refractivity contribution >= 4 is 27.7 Å². The summed E-state index contributed by atoms with van der Waals surface area (Å²) in [7, 11) is 0. The van der Waals surface area contributed by atoms with Crippen LogP contribution in [0.3, 0.4) is 0 Å². The monoisotopic (exact) mass is 531 g/mol. The molecular formula is C18H16BrF6N3O2S. The zero-order valence-electron chi connectivity index (χ0n) is 16.0. The third kappa shape index (κ3) is 5.33. The molecule has 1 aliphatic heterocycles. The van der Waals surface area contributed by atoms with E-state index in [-0.39, 0.29) is 18.2 Å². The number of benzene rings is 1. The highest BCUT2D eigenvalue weighted by atomic mass is 79.9. The number of halogens is 7.